The molecule has 0 N–H and O–H groups in total. The highest BCUT2D eigenvalue weighted by atomic mass is 79.9. The van der Waals surface area contributed by atoms with Crippen LogP contribution in [0.5, 0.6) is 0 Å². The first kappa shape index (κ1) is 15.1. The van der Waals surface area contributed by atoms with Crippen molar-refractivity contribution in [3.05, 3.63) is 70.2 Å². The van der Waals surface area contributed by atoms with Crippen molar-refractivity contribution in [1.82, 2.24) is 4.90 Å². The Hall–Kier alpha value is -1.81. The summed E-state index contributed by atoms with van der Waals surface area (Å²) in [6.45, 7) is 1.81. The fourth-order valence-electron chi connectivity index (χ4n) is 2.77. The van der Waals surface area contributed by atoms with Gasteiger partial charge in [-0.25, -0.2) is 4.79 Å². The van der Waals surface area contributed by atoms with E-state index >= 15 is 0 Å². The van der Waals surface area contributed by atoms with Gasteiger partial charge in [0, 0.05) is 23.5 Å². The maximum absolute atomic E-state index is 12.2. The van der Waals surface area contributed by atoms with Crippen molar-refractivity contribution in [2.24, 2.45) is 0 Å². The average Bonchev–Trinajstić information content (AvgIpc) is 3.04. The van der Waals surface area contributed by atoms with E-state index in [1.165, 1.54) is 5.56 Å². The molecule has 1 fully saturated rings. The standard InChI is InChI=1S/C18H18BrNO2/c19-17-8-4-7-15(11-17)16-9-10-20(12-16)18(21)22-13-14-5-2-1-3-6-14/h1-8,11,16H,9-10,12-13H2. The summed E-state index contributed by atoms with van der Waals surface area (Å²) in [5.41, 5.74) is 2.28. The second-order valence-corrected chi connectivity index (χ2v) is 6.44. The van der Waals surface area contributed by atoms with Crippen LogP contribution < -0.4 is 0 Å². The van der Waals surface area contributed by atoms with Gasteiger partial charge in [0.1, 0.15) is 6.61 Å². The van der Waals surface area contributed by atoms with Crippen LogP contribution in [0.4, 0.5) is 4.79 Å². The van der Waals surface area contributed by atoms with Gasteiger partial charge in [-0.1, -0.05) is 58.4 Å². The second kappa shape index (κ2) is 6.97. The number of hydrogen-bond acceptors (Lipinski definition) is 2. The summed E-state index contributed by atoms with van der Waals surface area (Å²) in [4.78, 5) is 14.0. The zero-order valence-corrected chi connectivity index (χ0v) is 13.8. The van der Waals surface area contributed by atoms with Gasteiger partial charge in [-0.15, -0.1) is 0 Å². The summed E-state index contributed by atoms with van der Waals surface area (Å²) in [5.74, 6) is 0.391. The maximum Gasteiger partial charge on any atom is 0.410 e. The van der Waals surface area contributed by atoms with Gasteiger partial charge < -0.3 is 9.64 Å². The largest absolute Gasteiger partial charge is 0.445 e. The number of benzene rings is 2. The number of hydrogen-bond donors (Lipinski definition) is 0. The number of carbonyl (C=O) groups excluding carboxylic acids is 1. The van der Waals surface area contributed by atoms with Crippen molar-refractivity contribution in [1.29, 1.82) is 0 Å². The Balaban J connectivity index is 1.55. The second-order valence-electron chi connectivity index (χ2n) is 5.53. The number of likely N-dealkylation sites (tertiary alicyclic amines) is 1. The SMILES string of the molecule is O=C(OCc1ccccc1)N1CCC(c2cccc(Br)c2)C1. The van der Waals surface area contributed by atoms with Gasteiger partial charge in [-0.3, -0.25) is 0 Å². The third-order valence-corrected chi connectivity index (χ3v) is 4.46. The number of halogens is 1. The topological polar surface area (TPSA) is 29.5 Å². The molecule has 3 nitrogen and oxygen atoms in total. The molecule has 0 aromatic heterocycles. The highest BCUT2D eigenvalue weighted by Crippen LogP contribution is 2.29. The molecule has 1 aliphatic rings. The zero-order valence-electron chi connectivity index (χ0n) is 12.2. The minimum Gasteiger partial charge on any atom is -0.445 e. The van der Waals surface area contributed by atoms with Crippen LogP contribution >= 0.6 is 15.9 Å². The maximum atomic E-state index is 12.2. The van der Waals surface area contributed by atoms with Gasteiger partial charge in [0.25, 0.3) is 0 Å². The quantitative estimate of drug-likeness (QED) is 0.802. The lowest BCUT2D eigenvalue weighted by Crippen LogP contribution is -2.29. The third-order valence-electron chi connectivity index (χ3n) is 3.97. The Morgan fingerprint density at radius 2 is 2.00 bits per heavy atom. The minimum absolute atomic E-state index is 0.221. The molecule has 3 rings (SSSR count). The zero-order chi connectivity index (χ0) is 15.4. The molecule has 1 unspecified atom stereocenters. The lowest BCUT2D eigenvalue weighted by molar-refractivity contribution is 0.104. The van der Waals surface area contributed by atoms with Crippen molar-refractivity contribution in [3.63, 3.8) is 0 Å². The van der Waals surface area contributed by atoms with Crippen LogP contribution in [0.3, 0.4) is 0 Å². The number of rotatable bonds is 3. The predicted octanol–water partition coefficient (Wildman–Crippen LogP) is 4.58. The van der Waals surface area contributed by atoms with E-state index in [1.54, 1.807) is 4.90 Å². The normalized spacial score (nSPS) is 17.5. The smallest absolute Gasteiger partial charge is 0.410 e. The van der Waals surface area contributed by atoms with E-state index in [9.17, 15) is 4.79 Å². The van der Waals surface area contributed by atoms with E-state index < -0.39 is 0 Å². The Morgan fingerprint density at radius 3 is 2.77 bits per heavy atom. The van der Waals surface area contributed by atoms with Gasteiger partial charge in [0.2, 0.25) is 0 Å². The van der Waals surface area contributed by atoms with Crippen molar-refractivity contribution >= 4 is 22.0 Å². The molecule has 2 aromatic carbocycles. The fourth-order valence-corrected chi connectivity index (χ4v) is 3.19. The molecule has 0 aliphatic carbocycles. The molecule has 0 radical (unpaired) electrons. The van der Waals surface area contributed by atoms with Gasteiger partial charge in [-0.2, -0.15) is 0 Å². The first-order valence-electron chi connectivity index (χ1n) is 7.43. The van der Waals surface area contributed by atoms with Crippen molar-refractivity contribution in [2.45, 2.75) is 18.9 Å². The molecule has 2 aromatic rings. The van der Waals surface area contributed by atoms with Gasteiger partial charge in [0.05, 0.1) is 0 Å². The predicted molar refractivity (Wildman–Crippen MR) is 89.7 cm³/mol. The molecule has 4 heteroatoms. The molecule has 114 valence electrons. The summed E-state index contributed by atoms with van der Waals surface area (Å²) >= 11 is 3.50. The van der Waals surface area contributed by atoms with Crippen LogP contribution in [-0.2, 0) is 11.3 Å². The monoisotopic (exact) mass is 359 g/mol. The molecule has 1 heterocycles. The summed E-state index contributed by atoms with van der Waals surface area (Å²) in [5, 5.41) is 0. The van der Waals surface area contributed by atoms with Crippen LogP contribution in [0.25, 0.3) is 0 Å². The number of nitrogens with zero attached hydrogens (tertiary/aromatic N) is 1. The van der Waals surface area contributed by atoms with E-state index in [4.69, 9.17) is 4.74 Å². The lowest BCUT2D eigenvalue weighted by Gasteiger charge is -2.16. The highest BCUT2D eigenvalue weighted by Gasteiger charge is 2.28. The van der Waals surface area contributed by atoms with E-state index in [0.29, 0.717) is 12.5 Å². The highest BCUT2D eigenvalue weighted by molar-refractivity contribution is 9.10. The van der Waals surface area contributed by atoms with Gasteiger partial charge in [0.15, 0.2) is 0 Å². The molecule has 1 saturated heterocycles. The van der Waals surface area contributed by atoms with Crippen molar-refractivity contribution < 1.29 is 9.53 Å². The first-order valence-corrected chi connectivity index (χ1v) is 8.23. The molecule has 0 spiro atoms. The van der Waals surface area contributed by atoms with Crippen molar-refractivity contribution in [3.8, 4) is 0 Å². The van der Waals surface area contributed by atoms with Crippen LogP contribution in [0.2, 0.25) is 0 Å². The molecular weight excluding hydrogens is 342 g/mol. The Labute approximate surface area is 139 Å². The molecule has 0 saturated carbocycles. The fraction of sp³-hybridized carbons (Fsp3) is 0.278. The summed E-state index contributed by atoms with van der Waals surface area (Å²) in [6.07, 6.45) is 0.762. The van der Waals surface area contributed by atoms with Crippen LogP contribution in [0.1, 0.15) is 23.5 Å². The third kappa shape index (κ3) is 3.69. The Kier molecular flexibility index (Phi) is 4.78. The van der Waals surface area contributed by atoms with Crippen LogP contribution in [-0.4, -0.2) is 24.1 Å². The van der Waals surface area contributed by atoms with E-state index in [2.05, 4.69) is 28.1 Å². The Morgan fingerprint density at radius 1 is 1.18 bits per heavy atom. The number of amides is 1. The molecular formula is C18H18BrNO2. The van der Waals surface area contributed by atoms with E-state index in [1.807, 2.05) is 42.5 Å². The molecule has 1 atom stereocenters. The lowest BCUT2D eigenvalue weighted by atomic mass is 9.99. The van der Waals surface area contributed by atoms with Crippen LogP contribution in [0, 0.1) is 0 Å². The van der Waals surface area contributed by atoms with Gasteiger partial charge >= 0.3 is 6.09 Å². The van der Waals surface area contributed by atoms with E-state index in [0.717, 1.165) is 29.5 Å². The van der Waals surface area contributed by atoms with Gasteiger partial charge in [-0.05, 0) is 29.7 Å². The van der Waals surface area contributed by atoms with E-state index in [-0.39, 0.29) is 6.09 Å². The molecule has 1 aliphatic heterocycles. The Bertz CT molecular complexity index is 645. The van der Waals surface area contributed by atoms with Crippen LogP contribution in [0.15, 0.2) is 59.1 Å². The minimum atomic E-state index is -0.221. The molecule has 1 amide bonds. The first-order chi connectivity index (χ1) is 10.7. The summed E-state index contributed by atoms with van der Waals surface area (Å²) in [7, 11) is 0. The average molecular weight is 360 g/mol. The van der Waals surface area contributed by atoms with Crippen molar-refractivity contribution in [2.75, 3.05) is 13.1 Å². The summed E-state index contributed by atoms with van der Waals surface area (Å²) in [6, 6.07) is 18.1. The molecule has 22 heavy (non-hydrogen) atoms. The number of carbonyl (C=O) groups is 1. The number of ether oxygens (including phenoxy) is 1. The molecule has 0 bridgehead atoms. The summed E-state index contributed by atoms with van der Waals surface area (Å²) < 4.78 is 6.48.